The van der Waals surface area contributed by atoms with Crippen LogP contribution in [0.4, 0.5) is 0 Å². The van der Waals surface area contributed by atoms with Gasteiger partial charge in [0.25, 0.3) is 0 Å². The predicted molar refractivity (Wildman–Crippen MR) is 71.8 cm³/mol. The fourth-order valence-electron chi connectivity index (χ4n) is 2.56. The standard InChI is InChI=1S/C13H27N3O2/c1-18-9-4-14-10-13(17)11-15-5-7-16(8-6-15)12-2-3-12/h12-14,17H,2-11H2,1H3. The average Bonchev–Trinajstić information content (AvgIpc) is 3.20. The molecule has 1 aliphatic heterocycles. The van der Waals surface area contributed by atoms with Crippen LogP contribution in [0.15, 0.2) is 0 Å². The van der Waals surface area contributed by atoms with Crippen molar-refractivity contribution < 1.29 is 9.84 Å². The zero-order valence-electron chi connectivity index (χ0n) is 11.5. The van der Waals surface area contributed by atoms with Gasteiger partial charge in [0, 0.05) is 59.0 Å². The molecule has 1 atom stereocenters. The molecule has 0 spiro atoms. The van der Waals surface area contributed by atoms with Crippen molar-refractivity contribution in [1.82, 2.24) is 15.1 Å². The van der Waals surface area contributed by atoms with E-state index in [1.165, 1.54) is 25.9 Å². The van der Waals surface area contributed by atoms with E-state index < -0.39 is 0 Å². The number of β-amino-alcohol motifs (C(OH)–C–C–N with tert-alkyl or cyclic N) is 1. The smallest absolute Gasteiger partial charge is 0.0791 e. The highest BCUT2D eigenvalue weighted by molar-refractivity contribution is 4.87. The van der Waals surface area contributed by atoms with E-state index in [1.807, 2.05) is 0 Å². The molecule has 0 amide bonds. The fourth-order valence-corrected chi connectivity index (χ4v) is 2.56. The SMILES string of the molecule is COCCNCC(O)CN1CCN(C2CC2)CC1. The molecular formula is C13H27N3O2. The Morgan fingerprint density at radius 2 is 2.00 bits per heavy atom. The maximum Gasteiger partial charge on any atom is 0.0791 e. The summed E-state index contributed by atoms with van der Waals surface area (Å²) in [6.45, 7) is 7.51. The molecule has 1 saturated carbocycles. The minimum Gasteiger partial charge on any atom is -0.390 e. The second kappa shape index (κ2) is 7.40. The molecule has 1 heterocycles. The lowest BCUT2D eigenvalue weighted by molar-refractivity contribution is 0.0690. The highest BCUT2D eigenvalue weighted by atomic mass is 16.5. The number of rotatable bonds is 8. The summed E-state index contributed by atoms with van der Waals surface area (Å²) in [6.07, 6.45) is 2.52. The van der Waals surface area contributed by atoms with Crippen LogP contribution in [0, 0.1) is 0 Å². The third-order valence-corrected chi connectivity index (χ3v) is 3.80. The molecule has 2 aliphatic rings. The third kappa shape index (κ3) is 4.82. The summed E-state index contributed by atoms with van der Waals surface area (Å²) in [6, 6.07) is 0.882. The number of aliphatic hydroxyl groups excluding tert-OH is 1. The summed E-state index contributed by atoms with van der Waals surface area (Å²) >= 11 is 0. The van der Waals surface area contributed by atoms with E-state index in [-0.39, 0.29) is 6.10 Å². The maximum absolute atomic E-state index is 9.93. The number of aliphatic hydroxyl groups is 1. The highest BCUT2D eigenvalue weighted by Crippen LogP contribution is 2.27. The van der Waals surface area contributed by atoms with Gasteiger partial charge >= 0.3 is 0 Å². The molecule has 2 fully saturated rings. The minimum absolute atomic E-state index is 0.269. The van der Waals surface area contributed by atoms with Crippen molar-refractivity contribution in [3.63, 3.8) is 0 Å². The van der Waals surface area contributed by atoms with Gasteiger partial charge in [0.05, 0.1) is 12.7 Å². The first kappa shape index (κ1) is 14.2. The molecule has 0 aromatic rings. The largest absolute Gasteiger partial charge is 0.390 e. The van der Waals surface area contributed by atoms with Crippen molar-refractivity contribution in [2.45, 2.75) is 25.0 Å². The van der Waals surface area contributed by atoms with E-state index in [2.05, 4.69) is 15.1 Å². The Labute approximate surface area is 110 Å². The minimum atomic E-state index is -0.269. The molecule has 2 rings (SSSR count). The maximum atomic E-state index is 9.93. The monoisotopic (exact) mass is 257 g/mol. The van der Waals surface area contributed by atoms with E-state index in [1.54, 1.807) is 7.11 Å². The lowest BCUT2D eigenvalue weighted by Gasteiger charge is -2.35. The van der Waals surface area contributed by atoms with Gasteiger partial charge in [0.2, 0.25) is 0 Å². The number of nitrogens with zero attached hydrogens (tertiary/aromatic N) is 2. The van der Waals surface area contributed by atoms with E-state index in [0.29, 0.717) is 13.2 Å². The fraction of sp³-hybridized carbons (Fsp3) is 1.00. The van der Waals surface area contributed by atoms with Gasteiger partial charge in [-0.3, -0.25) is 9.80 Å². The van der Waals surface area contributed by atoms with Gasteiger partial charge in [0.1, 0.15) is 0 Å². The molecule has 0 radical (unpaired) electrons. The second-order valence-electron chi connectivity index (χ2n) is 5.42. The van der Waals surface area contributed by atoms with Gasteiger partial charge < -0.3 is 15.2 Å². The van der Waals surface area contributed by atoms with Gasteiger partial charge in [-0.05, 0) is 12.8 Å². The first-order chi connectivity index (χ1) is 8.79. The van der Waals surface area contributed by atoms with E-state index in [4.69, 9.17) is 4.74 Å². The van der Waals surface area contributed by atoms with Crippen LogP contribution in [0.3, 0.4) is 0 Å². The molecule has 5 heteroatoms. The Morgan fingerprint density at radius 1 is 1.28 bits per heavy atom. The number of hydrogen-bond donors (Lipinski definition) is 2. The van der Waals surface area contributed by atoms with Gasteiger partial charge in [-0.25, -0.2) is 0 Å². The normalized spacial score (nSPS) is 24.3. The van der Waals surface area contributed by atoms with Gasteiger partial charge in [0.15, 0.2) is 0 Å². The van der Waals surface area contributed by atoms with E-state index in [0.717, 1.165) is 32.2 Å². The molecule has 1 unspecified atom stereocenters. The third-order valence-electron chi connectivity index (χ3n) is 3.80. The Bertz CT molecular complexity index is 228. The summed E-state index contributed by atoms with van der Waals surface area (Å²) in [5, 5.41) is 13.1. The second-order valence-corrected chi connectivity index (χ2v) is 5.42. The molecular weight excluding hydrogens is 230 g/mol. The lowest BCUT2D eigenvalue weighted by atomic mass is 10.2. The molecule has 0 aromatic heterocycles. The summed E-state index contributed by atoms with van der Waals surface area (Å²) in [4.78, 5) is 4.97. The molecule has 5 nitrogen and oxygen atoms in total. The van der Waals surface area contributed by atoms with Gasteiger partial charge in [-0.2, -0.15) is 0 Å². The van der Waals surface area contributed by atoms with Crippen molar-refractivity contribution in [1.29, 1.82) is 0 Å². The van der Waals surface area contributed by atoms with Crippen molar-refractivity contribution in [2.75, 3.05) is 59.5 Å². The van der Waals surface area contributed by atoms with Crippen LogP contribution >= 0.6 is 0 Å². The van der Waals surface area contributed by atoms with Crippen LogP contribution in [0.5, 0.6) is 0 Å². The van der Waals surface area contributed by atoms with Crippen molar-refractivity contribution in [2.24, 2.45) is 0 Å². The van der Waals surface area contributed by atoms with E-state index in [9.17, 15) is 5.11 Å². The number of hydrogen-bond acceptors (Lipinski definition) is 5. The van der Waals surface area contributed by atoms with Crippen LogP contribution in [0.2, 0.25) is 0 Å². The van der Waals surface area contributed by atoms with Crippen LogP contribution in [-0.4, -0.2) is 86.6 Å². The Balaban J connectivity index is 1.53. The molecule has 1 saturated heterocycles. The molecule has 2 N–H and O–H groups in total. The molecule has 0 aromatic carbocycles. The zero-order chi connectivity index (χ0) is 12.8. The van der Waals surface area contributed by atoms with Crippen molar-refractivity contribution >= 4 is 0 Å². The van der Waals surface area contributed by atoms with Crippen molar-refractivity contribution in [3.8, 4) is 0 Å². The van der Waals surface area contributed by atoms with Crippen LogP contribution in [0.1, 0.15) is 12.8 Å². The Kier molecular flexibility index (Phi) is 5.85. The van der Waals surface area contributed by atoms with Gasteiger partial charge in [-0.15, -0.1) is 0 Å². The number of ether oxygens (including phenoxy) is 1. The summed E-state index contributed by atoms with van der Waals surface area (Å²) in [5.41, 5.74) is 0. The number of methoxy groups -OCH3 is 1. The predicted octanol–water partition coefficient (Wildman–Crippen LogP) is -0.637. The topological polar surface area (TPSA) is 48.0 Å². The van der Waals surface area contributed by atoms with Crippen LogP contribution < -0.4 is 5.32 Å². The Hall–Kier alpha value is -0.200. The van der Waals surface area contributed by atoms with Crippen molar-refractivity contribution in [3.05, 3.63) is 0 Å². The first-order valence-electron chi connectivity index (χ1n) is 7.13. The quantitative estimate of drug-likeness (QED) is 0.567. The van der Waals surface area contributed by atoms with E-state index >= 15 is 0 Å². The van der Waals surface area contributed by atoms with Crippen LogP contribution in [0.25, 0.3) is 0 Å². The van der Waals surface area contributed by atoms with Crippen LogP contribution in [-0.2, 0) is 4.74 Å². The summed E-state index contributed by atoms with van der Waals surface area (Å²) in [7, 11) is 1.69. The first-order valence-corrected chi connectivity index (χ1v) is 7.13. The molecule has 0 bridgehead atoms. The number of nitrogens with one attached hydrogen (secondary N) is 1. The average molecular weight is 257 g/mol. The zero-order valence-corrected chi connectivity index (χ0v) is 11.5. The summed E-state index contributed by atoms with van der Waals surface area (Å²) < 4.78 is 4.95. The highest BCUT2D eigenvalue weighted by Gasteiger charge is 2.31. The molecule has 1 aliphatic carbocycles. The Morgan fingerprint density at radius 3 is 2.61 bits per heavy atom. The molecule has 106 valence electrons. The number of piperazine rings is 1. The lowest BCUT2D eigenvalue weighted by Crippen LogP contribution is -2.50. The summed E-state index contributed by atoms with van der Waals surface area (Å²) in [5.74, 6) is 0. The molecule has 18 heavy (non-hydrogen) atoms. The van der Waals surface area contributed by atoms with Gasteiger partial charge in [-0.1, -0.05) is 0 Å².